The quantitative estimate of drug-likeness (QED) is 0.356. The number of hydrogen-bond donors (Lipinski definition) is 0. The average Bonchev–Trinajstić information content (AvgIpc) is 2.10. The molecule has 0 spiro atoms. The van der Waals surface area contributed by atoms with Crippen LogP contribution in [0.25, 0.3) is 0 Å². The highest BCUT2D eigenvalue weighted by Gasteiger charge is 1.84. The highest BCUT2D eigenvalue weighted by atomic mass is 16.5. The monoisotopic (exact) mass is 166 g/mol. The van der Waals surface area contributed by atoms with Gasteiger partial charge in [-0.25, -0.2) is 4.79 Å². The Bertz CT molecular complexity index is 208. The molecule has 0 radical (unpaired) electrons. The van der Waals surface area contributed by atoms with E-state index in [0.29, 0.717) is 5.76 Å². The van der Waals surface area contributed by atoms with Gasteiger partial charge in [0.05, 0.1) is 13.2 Å². The number of ether oxygens (including phenoxy) is 1. The Morgan fingerprint density at radius 3 is 2.83 bits per heavy atom. The van der Waals surface area contributed by atoms with Crippen LogP contribution in [0.2, 0.25) is 0 Å². The maximum absolute atomic E-state index is 9.94. The van der Waals surface area contributed by atoms with Gasteiger partial charge >= 0.3 is 0 Å². The van der Waals surface area contributed by atoms with Crippen LogP contribution in [-0.4, -0.2) is 13.1 Å². The second-order valence-corrected chi connectivity index (χ2v) is 2.25. The summed E-state index contributed by atoms with van der Waals surface area (Å²) in [6.07, 6.45) is 9.05. The van der Waals surface area contributed by atoms with Crippen LogP contribution in [0, 0.1) is 0 Å². The van der Waals surface area contributed by atoms with Gasteiger partial charge in [0.15, 0.2) is 0 Å². The van der Waals surface area contributed by atoms with Crippen molar-refractivity contribution in [2.45, 2.75) is 19.8 Å². The number of rotatable bonds is 5. The molecule has 0 atom stereocenters. The normalized spacial score (nSPS) is 11.3. The van der Waals surface area contributed by atoms with E-state index in [1.54, 1.807) is 12.0 Å². The summed E-state index contributed by atoms with van der Waals surface area (Å²) in [5.41, 5.74) is 0. The molecule has 0 saturated carbocycles. The van der Waals surface area contributed by atoms with Gasteiger partial charge in [0.25, 0.3) is 0 Å². The van der Waals surface area contributed by atoms with Gasteiger partial charge in [0.2, 0.25) is 0 Å². The maximum Gasteiger partial charge on any atom is 0.129 e. The number of hydrogen-bond acceptors (Lipinski definition) is 2. The number of allylic oxidation sites excluding steroid dienone is 4. The standard InChI is InChI=1S/C10H14O2/c1-3-4-5-6-7-10(12-2)8-9-11/h5-8H,3-4H2,1-2H3. The number of carbonyl (C=O) groups excluding carboxylic acids is 1. The first-order valence-electron chi connectivity index (χ1n) is 3.96. The second kappa shape index (κ2) is 7.83. The number of unbranched alkanes of at least 4 members (excludes halogenated alkanes) is 1. The van der Waals surface area contributed by atoms with E-state index in [9.17, 15) is 4.79 Å². The van der Waals surface area contributed by atoms with E-state index in [0.717, 1.165) is 12.8 Å². The van der Waals surface area contributed by atoms with Crippen LogP contribution in [0.3, 0.4) is 0 Å². The van der Waals surface area contributed by atoms with Crippen LogP contribution < -0.4 is 0 Å². The van der Waals surface area contributed by atoms with Crippen LogP contribution in [0.4, 0.5) is 0 Å². The third-order valence-electron chi connectivity index (χ3n) is 1.29. The Morgan fingerprint density at radius 2 is 2.33 bits per heavy atom. The smallest absolute Gasteiger partial charge is 0.129 e. The molecule has 2 nitrogen and oxygen atoms in total. The van der Waals surface area contributed by atoms with E-state index < -0.39 is 0 Å². The largest absolute Gasteiger partial charge is 0.496 e. The van der Waals surface area contributed by atoms with Crippen LogP contribution in [0.15, 0.2) is 30.1 Å². The molecule has 0 aliphatic heterocycles. The van der Waals surface area contributed by atoms with E-state index >= 15 is 0 Å². The van der Waals surface area contributed by atoms with Crippen LogP contribution in [-0.2, 0) is 9.53 Å². The lowest BCUT2D eigenvalue weighted by Crippen LogP contribution is -1.79. The molecule has 0 saturated heterocycles. The summed E-state index contributed by atoms with van der Waals surface area (Å²) in [5, 5.41) is 0. The fraction of sp³-hybridized carbons (Fsp3) is 0.400. The highest BCUT2D eigenvalue weighted by molar-refractivity contribution is 5.51. The molecule has 0 amide bonds. The average molecular weight is 166 g/mol. The van der Waals surface area contributed by atoms with Crippen molar-refractivity contribution < 1.29 is 9.53 Å². The van der Waals surface area contributed by atoms with Gasteiger partial charge in [-0.1, -0.05) is 25.5 Å². The third-order valence-corrected chi connectivity index (χ3v) is 1.29. The molecule has 0 aromatic carbocycles. The van der Waals surface area contributed by atoms with Gasteiger partial charge in [-0.05, 0) is 12.5 Å². The van der Waals surface area contributed by atoms with Gasteiger partial charge in [0, 0.05) is 0 Å². The number of methoxy groups -OCH3 is 1. The summed E-state index contributed by atoms with van der Waals surface area (Å²) in [6.45, 7) is 2.11. The summed E-state index contributed by atoms with van der Waals surface area (Å²) in [4.78, 5) is 9.94. The first kappa shape index (κ1) is 10.7. The summed E-state index contributed by atoms with van der Waals surface area (Å²) in [5.74, 6) is 2.18. The minimum atomic E-state index is 0.525. The Labute approximate surface area is 73.2 Å². The predicted molar refractivity (Wildman–Crippen MR) is 49.4 cm³/mol. The molecule has 0 aromatic heterocycles. The Hall–Kier alpha value is -1.27. The Kier molecular flexibility index (Phi) is 7.00. The topological polar surface area (TPSA) is 26.3 Å². The highest BCUT2D eigenvalue weighted by Crippen LogP contribution is 1.96. The fourth-order valence-electron chi connectivity index (χ4n) is 0.659. The molecule has 2 heteroatoms. The molecule has 66 valence electrons. The lowest BCUT2D eigenvalue weighted by atomic mass is 10.3. The van der Waals surface area contributed by atoms with E-state index in [1.165, 1.54) is 13.2 Å². The van der Waals surface area contributed by atoms with Crippen molar-refractivity contribution in [2.24, 2.45) is 0 Å². The van der Waals surface area contributed by atoms with Crippen molar-refractivity contribution in [3.8, 4) is 0 Å². The zero-order chi connectivity index (χ0) is 9.23. The van der Waals surface area contributed by atoms with E-state index in [1.807, 2.05) is 12.2 Å². The van der Waals surface area contributed by atoms with Crippen molar-refractivity contribution in [1.29, 1.82) is 0 Å². The van der Waals surface area contributed by atoms with Crippen LogP contribution >= 0.6 is 0 Å². The molecule has 0 bridgehead atoms. The minimum absolute atomic E-state index is 0.525. The summed E-state index contributed by atoms with van der Waals surface area (Å²) in [6, 6.07) is 0. The van der Waals surface area contributed by atoms with Gasteiger partial charge in [-0.15, -0.1) is 0 Å². The lowest BCUT2D eigenvalue weighted by molar-refractivity contribution is 0.307. The Balaban J connectivity index is 4.01. The molecule has 0 heterocycles. The molecule has 0 aliphatic rings. The fourth-order valence-corrected chi connectivity index (χ4v) is 0.659. The molecule has 0 fully saturated rings. The van der Waals surface area contributed by atoms with Gasteiger partial charge in [-0.2, -0.15) is 0 Å². The molecule has 0 unspecified atom stereocenters. The van der Waals surface area contributed by atoms with Crippen LogP contribution in [0.5, 0.6) is 0 Å². The van der Waals surface area contributed by atoms with Crippen molar-refractivity contribution in [1.82, 2.24) is 0 Å². The lowest BCUT2D eigenvalue weighted by Gasteiger charge is -1.93. The Morgan fingerprint density at radius 1 is 1.58 bits per heavy atom. The molecule has 0 aliphatic carbocycles. The van der Waals surface area contributed by atoms with Crippen molar-refractivity contribution in [3.05, 3.63) is 30.1 Å². The van der Waals surface area contributed by atoms with Gasteiger partial charge < -0.3 is 4.74 Å². The molecule has 12 heavy (non-hydrogen) atoms. The molecular formula is C10H14O2. The van der Waals surface area contributed by atoms with E-state index in [4.69, 9.17) is 4.74 Å². The predicted octanol–water partition coefficient (Wildman–Crippen LogP) is 2.26. The molecule has 0 rings (SSSR count). The van der Waals surface area contributed by atoms with E-state index in [2.05, 4.69) is 6.92 Å². The summed E-state index contributed by atoms with van der Waals surface area (Å²) >= 11 is 0. The van der Waals surface area contributed by atoms with Crippen molar-refractivity contribution in [3.63, 3.8) is 0 Å². The summed E-state index contributed by atoms with van der Waals surface area (Å²) < 4.78 is 4.86. The zero-order valence-electron chi connectivity index (χ0n) is 7.54. The first-order chi connectivity index (χ1) is 5.85. The van der Waals surface area contributed by atoms with Gasteiger partial charge in [-0.3, -0.25) is 0 Å². The van der Waals surface area contributed by atoms with Gasteiger partial charge in [0.1, 0.15) is 11.7 Å². The van der Waals surface area contributed by atoms with Crippen molar-refractivity contribution >= 4 is 5.94 Å². The first-order valence-corrected chi connectivity index (χ1v) is 3.96. The molecular weight excluding hydrogens is 152 g/mol. The van der Waals surface area contributed by atoms with E-state index in [-0.39, 0.29) is 0 Å². The van der Waals surface area contributed by atoms with Crippen LogP contribution in [0.1, 0.15) is 19.8 Å². The maximum atomic E-state index is 9.94. The zero-order valence-corrected chi connectivity index (χ0v) is 7.54. The SMILES string of the molecule is CCCC=CC=C(C=C=O)OC. The summed E-state index contributed by atoms with van der Waals surface area (Å²) in [7, 11) is 1.52. The van der Waals surface area contributed by atoms with Crippen molar-refractivity contribution in [2.75, 3.05) is 7.11 Å². The third kappa shape index (κ3) is 5.51. The molecule has 0 aromatic rings. The second-order valence-electron chi connectivity index (χ2n) is 2.25. The minimum Gasteiger partial charge on any atom is -0.496 e. The molecule has 0 N–H and O–H groups in total.